The molecule has 29 heavy (non-hydrogen) atoms. The molecule has 2 aromatic carbocycles. The number of allylic oxidation sites excluding steroid dienone is 2. The van der Waals surface area contributed by atoms with Crippen molar-refractivity contribution in [2.24, 2.45) is 0 Å². The van der Waals surface area contributed by atoms with Crippen LogP contribution in [0, 0.1) is 20.8 Å². The molecule has 0 saturated heterocycles. The summed E-state index contributed by atoms with van der Waals surface area (Å²) in [5, 5.41) is 7.55. The molecular formula is C25H27N3O. The lowest BCUT2D eigenvalue weighted by Gasteiger charge is -2.12. The number of benzene rings is 2. The van der Waals surface area contributed by atoms with Crippen LogP contribution in [0.25, 0.3) is 5.70 Å². The third-order valence-corrected chi connectivity index (χ3v) is 4.99. The number of amides is 1. The number of hydrogen-bond donors (Lipinski definition) is 1. The van der Waals surface area contributed by atoms with E-state index in [0.717, 1.165) is 34.6 Å². The minimum atomic E-state index is -0.222. The van der Waals surface area contributed by atoms with E-state index in [1.807, 2.05) is 48.0 Å². The summed E-state index contributed by atoms with van der Waals surface area (Å²) in [6, 6.07) is 15.9. The quantitative estimate of drug-likeness (QED) is 0.553. The Labute approximate surface area is 172 Å². The Kier molecular flexibility index (Phi) is 6.13. The van der Waals surface area contributed by atoms with Gasteiger partial charge in [-0.1, -0.05) is 49.4 Å². The predicted octanol–water partition coefficient (Wildman–Crippen LogP) is 5.70. The molecule has 4 heteroatoms. The first-order chi connectivity index (χ1) is 13.9. The Bertz CT molecular complexity index is 1070. The zero-order valence-electron chi connectivity index (χ0n) is 17.5. The van der Waals surface area contributed by atoms with Gasteiger partial charge in [-0.15, -0.1) is 0 Å². The highest BCUT2D eigenvalue weighted by Gasteiger charge is 2.17. The lowest BCUT2D eigenvalue weighted by molar-refractivity contribution is 0.102. The Balaban J connectivity index is 1.97. The van der Waals surface area contributed by atoms with Crippen molar-refractivity contribution in [1.29, 1.82) is 0 Å². The lowest BCUT2D eigenvalue weighted by atomic mass is 10.0. The van der Waals surface area contributed by atoms with Gasteiger partial charge >= 0.3 is 0 Å². The van der Waals surface area contributed by atoms with E-state index < -0.39 is 0 Å². The predicted molar refractivity (Wildman–Crippen MR) is 120 cm³/mol. The van der Waals surface area contributed by atoms with Gasteiger partial charge in [0.2, 0.25) is 0 Å². The van der Waals surface area contributed by atoms with Gasteiger partial charge in [-0.2, -0.15) is 5.10 Å². The third kappa shape index (κ3) is 4.54. The van der Waals surface area contributed by atoms with Crippen LogP contribution in [0.4, 0.5) is 5.69 Å². The zero-order chi connectivity index (χ0) is 21.0. The molecule has 3 rings (SSSR count). The Morgan fingerprint density at radius 2 is 1.79 bits per heavy atom. The highest BCUT2D eigenvalue weighted by Crippen LogP contribution is 2.23. The molecule has 1 heterocycles. The molecule has 0 aliphatic rings. The summed E-state index contributed by atoms with van der Waals surface area (Å²) < 4.78 is 1.84. The molecule has 3 aromatic rings. The van der Waals surface area contributed by atoms with E-state index in [2.05, 4.69) is 56.0 Å². The number of carbonyl (C=O) groups excluding carboxylic acids is 1. The molecule has 0 spiro atoms. The fourth-order valence-corrected chi connectivity index (χ4v) is 3.12. The van der Waals surface area contributed by atoms with E-state index in [9.17, 15) is 4.79 Å². The summed E-state index contributed by atoms with van der Waals surface area (Å²) in [6.45, 7) is 12.1. The zero-order valence-corrected chi connectivity index (χ0v) is 17.5. The maximum absolute atomic E-state index is 12.8. The van der Waals surface area contributed by atoms with Gasteiger partial charge in [-0.05, 0) is 68.7 Å². The molecule has 148 valence electrons. The van der Waals surface area contributed by atoms with Gasteiger partial charge in [-0.3, -0.25) is 4.79 Å². The molecule has 0 bridgehead atoms. The topological polar surface area (TPSA) is 46.9 Å². The minimum absolute atomic E-state index is 0.222. The average Bonchev–Trinajstić information content (AvgIpc) is 3.14. The molecule has 1 N–H and O–H groups in total. The smallest absolute Gasteiger partial charge is 0.276 e. The van der Waals surface area contributed by atoms with Gasteiger partial charge < -0.3 is 5.32 Å². The molecule has 0 aliphatic heterocycles. The molecule has 0 aliphatic carbocycles. The normalized spacial score (nSPS) is 11.4. The lowest BCUT2D eigenvalue weighted by Crippen LogP contribution is -2.13. The molecule has 0 unspecified atom stereocenters. The molecular weight excluding hydrogens is 358 g/mol. The van der Waals surface area contributed by atoms with Crippen molar-refractivity contribution in [1.82, 2.24) is 9.78 Å². The molecule has 4 nitrogen and oxygen atoms in total. The van der Waals surface area contributed by atoms with E-state index in [1.165, 1.54) is 11.1 Å². The van der Waals surface area contributed by atoms with Crippen LogP contribution in [-0.4, -0.2) is 15.7 Å². The average molecular weight is 386 g/mol. The monoisotopic (exact) mass is 385 g/mol. The van der Waals surface area contributed by atoms with Crippen LogP contribution < -0.4 is 5.32 Å². The van der Waals surface area contributed by atoms with Crippen LogP contribution >= 0.6 is 0 Å². The number of hydrogen-bond acceptors (Lipinski definition) is 2. The van der Waals surface area contributed by atoms with E-state index in [-0.39, 0.29) is 5.91 Å². The van der Waals surface area contributed by atoms with E-state index >= 15 is 0 Å². The van der Waals surface area contributed by atoms with E-state index in [0.29, 0.717) is 5.69 Å². The SMILES string of the molecule is C=C/C=C(/c1ccc(C)c(C)c1)n1nc(C(=O)Nc2ccc(C)cc2)cc1CC. The number of nitrogens with zero attached hydrogens (tertiary/aromatic N) is 2. The second-order valence-corrected chi connectivity index (χ2v) is 7.19. The van der Waals surface area contributed by atoms with E-state index in [4.69, 9.17) is 0 Å². The molecule has 0 saturated carbocycles. The number of nitrogens with one attached hydrogen (secondary N) is 1. The Morgan fingerprint density at radius 3 is 2.41 bits per heavy atom. The van der Waals surface area contributed by atoms with E-state index in [1.54, 1.807) is 6.08 Å². The van der Waals surface area contributed by atoms with Gasteiger partial charge in [0, 0.05) is 16.9 Å². The maximum Gasteiger partial charge on any atom is 0.276 e. The highest BCUT2D eigenvalue weighted by atomic mass is 16.1. The van der Waals surface area contributed by atoms with Crippen molar-refractivity contribution in [2.45, 2.75) is 34.1 Å². The summed E-state index contributed by atoms with van der Waals surface area (Å²) in [5.74, 6) is -0.222. The van der Waals surface area contributed by atoms with Crippen LogP contribution in [0.3, 0.4) is 0 Å². The molecule has 0 radical (unpaired) electrons. The number of anilines is 1. The first kappa shape index (κ1) is 20.3. The fraction of sp³-hybridized carbons (Fsp3) is 0.200. The Hall–Kier alpha value is -3.40. The standard InChI is InChI=1S/C25H27N3O/c1-6-8-24(20-12-11-18(4)19(5)15-20)28-22(7-2)16-23(27-28)25(29)26-21-13-9-17(3)10-14-21/h6,8-16H,1,7H2,2-5H3,(H,26,29)/b24-8-. The van der Waals surface area contributed by atoms with Gasteiger partial charge in [0.1, 0.15) is 0 Å². The first-order valence-electron chi connectivity index (χ1n) is 9.80. The number of carbonyl (C=O) groups is 1. The van der Waals surface area contributed by atoms with Gasteiger partial charge in [-0.25, -0.2) is 4.68 Å². The largest absolute Gasteiger partial charge is 0.321 e. The Morgan fingerprint density at radius 1 is 1.07 bits per heavy atom. The summed E-state index contributed by atoms with van der Waals surface area (Å²) in [7, 11) is 0. The first-order valence-corrected chi connectivity index (χ1v) is 9.80. The number of aryl methyl sites for hydroxylation is 4. The van der Waals surface area contributed by atoms with Crippen LogP contribution in [0.15, 0.2) is 67.3 Å². The van der Waals surface area contributed by atoms with Crippen molar-refractivity contribution in [2.75, 3.05) is 5.32 Å². The van der Waals surface area contributed by atoms with Crippen molar-refractivity contribution in [3.63, 3.8) is 0 Å². The third-order valence-electron chi connectivity index (χ3n) is 4.99. The maximum atomic E-state index is 12.8. The summed E-state index contributed by atoms with van der Waals surface area (Å²) >= 11 is 0. The second kappa shape index (κ2) is 8.74. The minimum Gasteiger partial charge on any atom is -0.321 e. The van der Waals surface area contributed by atoms with Gasteiger partial charge in [0.05, 0.1) is 5.70 Å². The molecule has 1 amide bonds. The van der Waals surface area contributed by atoms with Crippen molar-refractivity contribution >= 4 is 17.3 Å². The van der Waals surface area contributed by atoms with Crippen LogP contribution in [0.2, 0.25) is 0 Å². The fourth-order valence-electron chi connectivity index (χ4n) is 3.12. The second-order valence-electron chi connectivity index (χ2n) is 7.19. The number of aromatic nitrogens is 2. The van der Waals surface area contributed by atoms with Crippen LogP contribution in [0.5, 0.6) is 0 Å². The van der Waals surface area contributed by atoms with Crippen LogP contribution in [-0.2, 0) is 6.42 Å². The van der Waals surface area contributed by atoms with Gasteiger partial charge in [0.15, 0.2) is 5.69 Å². The molecule has 0 fully saturated rings. The van der Waals surface area contributed by atoms with Crippen molar-refractivity contribution in [3.8, 4) is 0 Å². The highest BCUT2D eigenvalue weighted by molar-refractivity contribution is 6.03. The summed E-state index contributed by atoms with van der Waals surface area (Å²) in [6.07, 6.45) is 4.43. The van der Waals surface area contributed by atoms with Crippen molar-refractivity contribution < 1.29 is 4.79 Å². The summed E-state index contributed by atoms with van der Waals surface area (Å²) in [5.41, 5.74) is 7.63. The summed E-state index contributed by atoms with van der Waals surface area (Å²) in [4.78, 5) is 12.8. The van der Waals surface area contributed by atoms with Crippen LogP contribution in [0.1, 0.15) is 45.4 Å². The van der Waals surface area contributed by atoms with Gasteiger partial charge in [0.25, 0.3) is 5.91 Å². The number of rotatable bonds is 6. The molecule has 0 atom stereocenters. The van der Waals surface area contributed by atoms with Crippen molar-refractivity contribution in [3.05, 3.63) is 101 Å². The molecule has 1 aromatic heterocycles.